The number of likely N-dealkylation sites (tertiary alicyclic amines) is 1. The van der Waals surface area contributed by atoms with Gasteiger partial charge in [-0.25, -0.2) is 0 Å². The first kappa shape index (κ1) is 12.1. The lowest BCUT2D eigenvalue weighted by Gasteiger charge is -2.21. The molecule has 5 nitrogen and oxygen atoms in total. The molecule has 104 valence electrons. The highest BCUT2D eigenvalue weighted by atomic mass is 32.1. The minimum atomic E-state index is -0.947. The highest BCUT2D eigenvalue weighted by Gasteiger charge is 2.66. The lowest BCUT2D eigenvalue weighted by molar-refractivity contribution is -0.148. The Balaban J connectivity index is 1.65. The molecule has 1 aromatic heterocycles. The van der Waals surface area contributed by atoms with E-state index in [1.54, 1.807) is 22.3 Å². The van der Waals surface area contributed by atoms with Gasteiger partial charge in [0, 0.05) is 4.88 Å². The van der Waals surface area contributed by atoms with Crippen LogP contribution in [0.15, 0.2) is 29.7 Å². The molecule has 1 amide bonds. The van der Waals surface area contributed by atoms with E-state index in [1.165, 1.54) is 0 Å². The van der Waals surface area contributed by atoms with E-state index >= 15 is 0 Å². The maximum absolute atomic E-state index is 12.6. The number of aliphatic carboxylic acids is 1. The Morgan fingerprint density at radius 3 is 3.15 bits per heavy atom. The van der Waals surface area contributed by atoms with Gasteiger partial charge in [-0.2, -0.15) is 0 Å². The Kier molecular flexibility index (Phi) is 2.38. The maximum Gasteiger partial charge on any atom is 0.310 e. The fourth-order valence-corrected chi connectivity index (χ4v) is 4.30. The van der Waals surface area contributed by atoms with Gasteiger partial charge in [-0.3, -0.25) is 9.59 Å². The van der Waals surface area contributed by atoms with Crippen molar-refractivity contribution in [3.8, 4) is 0 Å². The van der Waals surface area contributed by atoms with Crippen LogP contribution in [-0.2, 0) is 20.9 Å². The summed E-state index contributed by atoms with van der Waals surface area (Å²) in [6.07, 6.45) is 3.22. The molecule has 0 aliphatic carbocycles. The molecule has 2 saturated heterocycles. The normalized spacial score (nSPS) is 37.7. The molecule has 6 heteroatoms. The fraction of sp³-hybridized carbons (Fsp3) is 0.429. The van der Waals surface area contributed by atoms with Crippen molar-refractivity contribution in [2.45, 2.75) is 18.2 Å². The quantitative estimate of drug-likeness (QED) is 0.847. The van der Waals surface area contributed by atoms with Crippen LogP contribution >= 0.6 is 11.3 Å². The summed E-state index contributed by atoms with van der Waals surface area (Å²) in [7, 11) is 0. The zero-order valence-electron chi connectivity index (χ0n) is 10.6. The van der Waals surface area contributed by atoms with E-state index in [0.717, 1.165) is 4.88 Å². The van der Waals surface area contributed by atoms with Crippen molar-refractivity contribution in [3.63, 3.8) is 0 Å². The van der Waals surface area contributed by atoms with E-state index in [-0.39, 0.29) is 5.91 Å². The van der Waals surface area contributed by atoms with Crippen molar-refractivity contribution < 1.29 is 19.4 Å². The number of hydrogen-bond donors (Lipinski definition) is 1. The van der Waals surface area contributed by atoms with Gasteiger partial charge in [0.05, 0.1) is 25.1 Å². The largest absolute Gasteiger partial charge is 0.481 e. The summed E-state index contributed by atoms with van der Waals surface area (Å²) in [6.45, 7) is 0.980. The van der Waals surface area contributed by atoms with Crippen LogP contribution in [0.3, 0.4) is 0 Å². The summed E-state index contributed by atoms with van der Waals surface area (Å²) in [5.41, 5.74) is -0.720. The molecule has 0 radical (unpaired) electrons. The number of thiophene rings is 1. The first-order chi connectivity index (χ1) is 9.61. The van der Waals surface area contributed by atoms with Crippen molar-refractivity contribution in [3.05, 3.63) is 34.5 Å². The second kappa shape index (κ2) is 3.93. The van der Waals surface area contributed by atoms with Crippen molar-refractivity contribution in [2.24, 2.45) is 11.8 Å². The van der Waals surface area contributed by atoms with Crippen LogP contribution in [-0.4, -0.2) is 40.1 Å². The van der Waals surface area contributed by atoms with Crippen molar-refractivity contribution in [1.82, 2.24) is 4.90 Å². The SMILES string of the molecule is O=C(O)C1[C@@H]2C=C[C@]3(CN(Cc4cccs4)C(=O)[C@H]13)O2. The predicted octanol–water partition coefficient (Wildman–Crippen LogP) is 1.11. The molecule has 3 aliphatic rings. The van der Waals surface area contributed by atoms with Crippen LogP contribution in [0.5, 0.6) is 0 Å². The van der Waals surface area contributed by atoms with Gasteiger partial charge in [-0.05, 0) is 11.4 Å². The van der Waals surface area contributed by atoms with Gasteiger partial charge in [-0.1, -0.05) is 18.2 Å². The van der Waals surface area contributed by atoms with E-state index in [1.807, 2.05) is 23.6 Å². The topological polar surface area (TPSA) is 66.8 Å². The molecule has 2 fully saturated rings. The van der Waals surface area contributed by atoms with Gasteiger partial charge in [0.15, 0.2) is 0 Å². The van der Waals surface area contributed by atoms with Crippen molar-refractivity contribution >= 4 is 23.2 Å². The van der Waals surface area contributed by atoms with Gasteiger partial charge in [-0.15, -0.1) is 11.3 Å². The number of carbonyl (C=O) groups is 2. The van der Waals surface area contributed by atoms with Crippen molar-refractivity contribution in [1.29, 1.82) is 0 Å². The monoisotopic (exact) mass is 291 g/mol. The molecule has 20 heavy (non-hydrogen) atoms. The molecule has 1 N–H and O–H groups in total. The van der Waals surface area contributed by atoms with Crippen LogP contribution < -0.4 is 0 Å². The van der Waals surface area contributed by atoms with Crippen LogP contribution in [0.4, 0.5) is 0 Å². The number of hydrogen-bond acceptors (Lipinski definition) is 4. The van der Waals surface area contributed by atoms with E-state index in [9.17, 15) is 14.7 Å². The Labute approximate surface area is 119 Å². The third-order valence-electron chi connectivity index (χ3n) is 4.39. The van der Waals surface area contributed by atoms with Crippen LogP contribution in [0.1, 0.15) is 4.88 Å². The molecular weight excluding hydrogens is 278 g/mol. The minimum Gasteiger partial charge on any atom is -0.481 e. The molecule has 1 spiro atoms. The minimum absolute atomic E-state index is 0.0994. The Morgan fingerprint density at radius 2 is 2.45 bits per heavy atom. The van der Waals surface area contributed by atoms with Gasteiger partial charge in [0.1, 0.15) is 11.5 Å². The molecule has 1 aromatic rings. The number of carboxylic acids is 1. The summed E-state index contributed by atoms with van der Waals surface area (Å²) in [5.74, 6) is -2.37. The van der Waals surface area contributed by atoms with Crippen LogP contribution in [0.2, 0.25) is 0 Å². The second-order valence-electron chi connectivity index (χ2n) is 5.51. The predicted molar refractivity (Wildman–Crippen MR) is 71.1 cm³/mol. The first-order valence-corrected chi connectivity index (χ1v) is 7.40. The lowest BCUT2D eigenvalue weighted by Crippen LogP contribution is -2.39. The molecule has 2 bridgehead atoms. The third kappa shape index (κ3) is 1.46. The smallest absolute Gasteiger partial charge is 0.310 e. The number of carbonyl (C=O) groups excluding carboxylic acids is 1. The van der Waals surface area contributed by atoms with E-state index in [4.69, 9.17) is 4.74 Å². The van der Waals surface area contributed by atoms with Crippen LogP contribution in [0, 0.1) is 11.8 Å². The van der Waals surface area contributed by atoms with Gasteiger partial charge in [0.25, 0.3) is 0 Å². The Morgan fingerprint density at radius 1 is 1.60 bits per heavy atom. The Bertz CT molecular complexity index is 611. The molecule has 0 aromatic carbocycles. The number of amides is 1. The van der Waals surface area contributed by atoms with E-state index in [0.29, 0.717) is 13.1 Å². The van der Waals surface area contributed by atoms with E-state index in [2.05, 4.69) is 0 Å². The van der Waals surface area contributed by atoms with E-state index < -0.39 is 29.5 Å². The zero-order valence-corrected chi connectivity index (χ0v) is 11.4. The highest BCUT2D eigenvalue weighted by molar-refractivity contribution is 7.09. The van der Waals surface area contributed by atoms with Gasteiger partial charge < -0.3 is 14.7 Å². The number of fused-ring (bicyclic) bond motifs is 1. The molecule has 0 saturated carbocycles. The van der Waals surface area contributed by atoms with Gasteiger partial charge >= 0.3 is 5.97 Å². The fourth-order valence-electron chi connectivity index (χ4n) is 3.58. The number of carboxylic acid groups (broad SMARTS) is 1. The third-order valence-corrected chi connectivity index (χ3v) is 5.25. The summed E-state index contributed by atoms with van der Waals surface area (Å²) in [4.78, 5) is 26.8. The molecule has 1 unspecified atom stereocenters. The summed E-state index contributed by atoms with van der Waals surface area (Å²) >= 11 is 1.59. The van der Waals surface area contributed by atoms with Crippen molar-refractivity contribution in [2.75, 3.05) is 6.54 Å². The summed E-state index contributed by atoms with van der Waals surface area (Å²) in [6, 6.07) is 3.92. The number of rotatable bonds is 3. The molecule has 4 atom stereocenters. The summed E-state index contributed by atoms with van der Waals surface area (Å²) in [5, 5.41) is 11.3. The highest BCUT2D eigenvalue weighted by Crippen LogP contribution is 2.52. The Hall–Kier alpha value is -1.66. The number of nitrogens with zero attached hydrogens (tertiary/aromatic N) is 1. The molecule has 3 aliphatic heterocycles. The second-order valence-corrected chi connectivity index (χ2v) is 6.54. The average molecular weight is 291 g/mol. The first-order valence-electron chi connectivity index (χ1n) is 6.52. The molecule has 4 heterocycles. The lowest BCUT2D eigenvalue weighted by atomic mass is 9.77. The zero-order chi connectivity index (χ0) is 13.9. The maximum atomic E-state index is 12.6. The molecular formula is C14H13NO4S. The van der Waals surface area contributed by atoms with Crippen LogP contribution in [0.25, 0.3) is 0 Å². The average Bonchev–Trinajstić information content (AvgIpc) is 3.12. The van der Waals surface area contributed by atoms with Gasteiger partial charge in [0.2, 0.25) is 5.91 Å². The molecule has 4 rings (SSSR count). The number of ether oxygens (including phenoxy) is 1. The standard InChI is InChI=1S/C14H13NO4S/c16-12-11-10(13(17)18)9-3-4-14(11,19-9)7-15(12)6-8-2-1-5-20-8/h1-5,9-11H,6-7H2,(H,17,18)/t9-,10?,11-,14+/m0/s1. The summed E-state index contributed by atoms with van der Waals surface area (Å²) < 4.78 is 5.83.